The molecule has 7 nitrogen and oxygen atoms in total. The Bertz CT molecular complexity index is 1350. The second-order valence-electron chi connectivity index (χ2n) is 8.52. The molecule has 0 radical (unpaired) electrons. The third kappa shape index (κ3) is 7.25. The lowest BCUT2D eigenvalue weighted by molar-refractivity contribution is -0.139. The van der Waals surface area contributed by atoms with Crippen molar-refractivity contribution in [3.8, 4) is 0 Å². The first kappa shape index (κ1) is 28.5. The van der Waals surface area contributed by atoms with Crippen molar-refractivity contribution < 1.29 is 18.0 Å². The number of anilines is 1. The number of nitrogens with one attached hydrogen (secondary N) is 1. The molecule has 1 atom stereocenters. The summed E-state index contributed by atoms with van der Waals surface area (Å²) in [5.74, 6) is -0.875. The van der Waals surface area contributed by atoms with Crippen molar-refractivity contribution >= 4 is 50.7 Å². The van der Waals surface area contributed by atoms with Gasteiger partial charge < -0.3 is 10.2 Å². The van der Waals surface area contributed by atoms with Crippen molar-refractivity contribution in [3.05, 3.63) is 94.0 Å². The number of hydrogen-bond acceptors (Lipinski definition) is 4. The van der Waals surface area contributed by atoms with Gasteiger partial charge in [0.05, 0.1) is 10.6 Å². The van der Waals surface area contributed by atoms with Crippen LogP contribution in [-0.4, -0.2) is 44.3 Å². The van der Waals surface area contributed by atoms with Crippen molar-refractivity contribution in [2.45, 2.75) is 38.3 Å². The van der Waals surface area contributed by atoms with E-state index in [-0.39, 0.29) is 17.3 Å². The summed E-state index contributed by atoms with van der Waals surface area (Å²) in [6.07, 6.45) is 0. The molecule has 10 heteroatoms. The molecule has 0 bridgehead atoms. The first-order valence-corrected chi connectivity index (χ1v) is 13.9. The summed E-state index contributed by atoms with van der Waals surface area (Å²) < 4.78 is 28.5. The number of benzene rings is 3. The maximum absolute atomic E-state index is 13.8. The van der Waals surface area contributed by atoms with E-state index < -0.39 is 28.5 Å². The molecule has 3 aromatic carbocycles. The van der Waals surface area contributed by atoms with Gasteiger partial charge in [0, 0.05) is 23.1 Å². The maximum Gasteiger partial charge on any atom is 0.264 e. The fourth-order valence-corrected chi connectivity index (χ4v) is 5.39. The van der Waals surface area contributed by atoms with Crippen LogP contribution in [0, 0.1) is 6.92 Å². The van der Waals surface area contributed by atoms with Crippen molar-refractivity contribution in [2.24, 2.45) is 0 Å². The highest BCUT2D eigenvalue weighted by molar-refractivity contribution is 7.92. The Morgan fingerprint density at radius 1 is 0.946 bits per heavy atom. The minimum absolute atomic E-state index is 0.00719. The van der Waals surface area contributed by atoms with E-state index in [2.05, 4.69) is 5.32 Å². The van der Waals surface area contributed by atoms with Crippen LogP contribution in [0.15, 0.2) is 77.7 Å². The molecular weight excluding hydrogens is 533 g/mol. The molecule has 1 unspecified atom stereocenters. The predicted octanol–water partition coefficient (Wildman–Crippen LogP) is 5.05. The first-order chi connectivity index (χ1) is 17.5. The average Bonchev–Trinajstić information content (AvgIpc) is 2.86. The lowest BCUT2D eigenvalue weighted by Crippen LogP contribution is -2.51. The van der Waals surface area contributed by atoms with Gasteiger partial charge in [0.1, 0.15) is 12.6 Å². The van der Waals surface area contributed by atoms with Crippen molar-refractivity contribution in [3.63, 3.8) is 0 Å². The van der Waals surface area contributed by atoms with Crippen LogP contribution in [0.2, 0.25) is 10.0 Å². The normalized spacial score (nSPS) is 12.0. The van der Waals surface area contributed by atoms with E-state index in [9.17, 15) is 18.0 Å². The summed E-state index contributed by atoms with van der Waals surface area (Å²) in [6.45, 7) is 5.22. The van der Waals surface area contributed by atoms with Crippen molar-refractivity contribution in [1.29, 1.82) is 0 Å². The number of hydrogen-bond donors (Lipinski definition) is 1. The predicted molar refractivity (Wildman–Crippen MR) is 147 cm³/mol. The Kier molecular flexibility index (Phi) is 9.59. The zero-order chi connectivity index (χ0) is 27.2. The van der Waals surface area contributed by atoms with Crippen LogP contribution in [-0.2, 0) is 26.2 Å². The number of likely N-dealkylation sites (N-methyl/N-ethyl adjacent to an activating group) is 1. The van der Waals surface area contributed by atoms with Gasteiger partial charge in [0.25, 0.3) is 10.0 Å². The second kappa shape index (κ2) is 12.4. The van der Waals surface area contributed by atoms with E-state index in [1.807, 2.05) is 13.0 Å². The molecule has 3 rings (SSSR count). The van der Waals surface area contributed by atoms with Gasteiger partial charge in [-0.2, -0.15) is 0 Å². The fraction of sp³-hybridized carbons (Fsp3) is 0.259. The van der Waals surface area contributed by atoms with Crippen LogP contribution in [0.3, 0.4) is 0 Å². The van der Waals surface area contributed by atoms with Gasteiger partial charge in [0.2, 0.25) is 11.8 Å². The van der Waals surface area contributed by atoms with E-state index in [0.29, 0.717) is 22.3 Å². The minimum Gasteiger partial charge on any atom is -0.355 e. The van der Waals surface area contributed by atoms with Gasteiger partial charge in [0.15, 0.2) is 0 Å². The highest BCUT2D eigenvalue weighted by Gasteiger charge is 2.32. The Morgan fingerprint density at radius 2 is 1.54 bits per heavy atom. The van der Waals surface area contributed by atoms with Crippen LogP contribution in [0.5, 0.6) is 0 Å². The van der Waals surface area contributed by atoms with Crippen molar-refractivity contribution in [2.75, 3.05) is 17.4 Å². The lowest BCUT2D eigenvalue weighted by atomic mass is 10.1. The molecule has 0 aliphatic carbocycles. The van der Waals surface area contributed by atoms with Crippen LogP contribution in [0.4, 0.5) is 5.69 Å². The molecule has 0 saturated heterocycles. The first-order valence-electron chi connectivity index (χ1n) is 11.7. The smallest absolute Gasteiger partial charge is 0.264 e. The highest BCUT2D eigenvalue weighted by atomic mass is 35.5. The number of nitrogens with zero attached hydrogens (tertiary/aromatic N) is 2. The number of amides is 2. The second-order valence-corrected chi connectivity index (χ2v) is 11.3. The Morgan fingerprint density at radius 3 is 2.11 bits per heavy atom. The number of halogens is 2. The number of sulfonamides is 1. The monoisotopic (exact) mass is 561 g/mol. The Labute approximate surface area is 228 Å². The molecular formula is C27H29Cl2N3O4S. The fourth-order valence-electron chi connectivity index (χ4n) is 3.74. The molecule has 0 fully saturated rings. The molecule has 0 saturated carbocycles. The van der Waals surface area contributed by atoms with E-state index in [4.69, 9.17) is 23.2 Å². The Balaban J connectivity index is 2.02. The zero-order valence-electron chi connectivity index (χ0n) is 20.8. The number of carbonyl (C=O) groups is 2. The zero-order valence-corrected chi connectivity index (χ0v) is 23.1. The van der Waals surface area contributed by atoms with Crippen LogP contribution < -0.4 is 9.62 Å². The number of carbonyl (C=O) groups excluding carboxylic acids is 2. The maximum atomic E-state index is 13.8. The number of aryl methyl sites for hydroxylation is 1. The van der Waals surface area contributed by atoms with Crippen LogP contribution in [0.1, 0.15) is 25.0 Å². The average molecular weight is 563 g/mol. The molecule has 0 aromatic heterocycles. The summed E-state index contributed by atoms with van der Waals surface area (Å²) in [6, 6.07) is 18.7. The van der Waals surface area contributed by atoms with Gasteiger partial charge in [-0.1, -0.05) is 47.5 Å². The van der Waals surface area contributed by atoms with Gasteiger partial charge in [-0.25, -0.2) is 8.42 Å². The lowest BCUT2D eigenvalue weighted by Gasteiger charge is -2.32. The molecule has 3 aromatic rings. The molecule has 0 aliphatic rings. The van der Waals surface area contributed by atoms with Gasteiger partial charge in [-0.3, -0.25) is 13.9 Å². The summed E-state index contributed by atoms with van der Waals surface area (Å²) in [7, 11) is -4.14. The van der Waals surface area contributed by atoms with Gasteiger partial charge >= 0.3 is 0 Å². The third-order valence-corrected chi connectivity index (χ3v) is 8.05. The summed E-state index contributed by atoms with van der Waals surface area (Å²) in [5.41, 5.74) is 1.91. The molecule has 1 N–H and O–H groups in total. The summed E-state index contributed by atoms with van der Waals surface area (Å²) in [5, 5.41) is 3.66. The molecule has 0 heterocycles. The van der Waals surface area contributed by atoms with Crippen LogP contribution >= 0.6 is 23.2 Å². The SMILES string of the molecule is CCNC(=O)C(C)N(Cc1ccc(Cl)cc1)C(=O)CN(c1cccc(C)c1)S(=O)(=O)c1ccc(Cl)cc1. The van der Waals surface area contributed by atoms with Crippen molar-refractivity contribution in [1.82, 2.24) is 10.2 Å². The summed E-state index contributed by atoms with van der Waals surface area (Å²) in [4.78, 5) is 27.8. The van der Waals surface area contributed by atoms with Crippen LogP contribution in [0.25, 0.3) is 0 Å². The molecule has 196 valence electrons. The van der Waals surface area contributed by atoms with E-state index in [0.717, 1.165) is 15.4 Å². The highest BCUT2D eigenvalue weighted by Crippen LogP contribution is 2.26. The van der Waals surface area contributed by atoms with Gasteiger partial charge in [-0.15, -0.1) is 0 Å². The minimum atomic E-state index is -4.14. The molecule has 2 amide bonds. The molecule has 37 heavy (non-hydrogen) atoms. The summed E-state index contributed by atoms with van der Waals surface area (Å²) >= 11 is 12.0. The van der Waals surface area contributed by atoms with E-state index in [1.54, 1.807) is 56.3 Å². The quantitative estimate of drug-likeness (QED) is 0.375. The molecule has 0 spiro atoms. The standard InChI is InChI=1S/C27H29Cl2N3O4S/c1-4-30-27(34)20(3)31(17-21-8-10-22(28)11-9-21)26(33)18-32(24-7-5-6-19(2)16-24)37(35,36)25-14-12-23(29)13-15-25/h5-16,20H,4,17-18H2,1-3H3,(H,30,34). The molecule has 0 aliphatic heterocycles. The van der Waals surface area contributed by atoms with E-state index >= 15 is 0 Å². The third-order valence-electron chi connectivity index (χ3n) is 5.75. The largest absolute Gasteiger partial charge is 0.355 e. The topological polar surface area (TPSA) is 86.8 Å². The van der Waals surface area contributed by atoms with E-state index in [1.165, 1.54) is 29.2 Å². The van der Waals surface area contributed by atoms with Gasteiger partial charge in [-0.05, 0) is 80.4 Å². The number of rotatable bonds is 10. The Hall–Kier alpha value is -3.07.